The van der Waals surface area contributed by atoms with E-state index in [0.717, 1.165) is 29.7 Å². The van der Waals surface area contributed by atoms with E-state index in [1.807, 2.05) is 32.0 Å². The molecule has 2 aromatic rings. The summed E-state index contributed by atoms with van der Waals surface area (Å²) in [5.74, 6) is 0.419. The maximum atomic E-state index is 13.2. The Labute approximate surface area is 151 Å². The number of benzene rings is 1. The third kappa shape index (κ3) is 3.57. The molecule has 0 radical (unpaired) electrons. The summed E-state index contributed by atoms with van der Waals surface area (Å²) >= 11 is 0. The van der Waals surface area contributed by atoms with Crippen LogP contribution in [0.25, 0.3) is 0 Å². The Balaban J connectivity index is 1.75. The molecule has 140 valence electrons. The molecule has 0 aliphatic carbocycles. The van der Waals surface area contributed by atoms with Crippen LogP contribution in [0, 0.1) is 13.8 Å². The molecular formula is C19H23F2N3O2. The van der Waals surface area contributed by atoms with Crippen molar-refractivity contribution in [3.63, 3.8) is 0 Å². The molecule has 0 saturated carbocycles. The van der Waals surface area contributed by atoms with Gasteiger partial charge in [-0.25, -0.2) is 8.78 Å². The topological polar surface area (TPSA) is 47.4 Å². The van der Waals surface area contributed by atoms with E-state index < -0.39 is 18.0 Å². The van der Waals surface area contributed by atoms with Gasteiger partial charge < -0.3 is 9.64 Å². The zero-order valence-corrected chi connectivity index (χ0v) is 15.2. The third-order valence-electron chi connectivity index (χ3n) is 4.76. The number of carbonyl (C=O) groups is 1. The van der Waals surface area contributed by atoms with E-state index in [1.165, 1.54) is 17.9 Å². The summed E-state index contributed by atoms with van der Waals surface area (Å²) in [6, 6.07) is 5.79. The van der Waals surface area contributed by atoms with Gasteiger partial charge in [0, 0.05) is 19.8 Å². The van der Waals surface area contributed by atoms with Crippen molar-refractivity contribution >= 4 is 5.91 Å². The molecule has 2 heterocycles. The highest BCUT2D eigenvalue weighted by molar-refractivity contribution is 5.95. The molecular weight excluding hydrogens is 340 g/mol. The van der Waals surface area contributed by atoms with Crippen LogP contribution in [0.15, 0.2) is 24.4 Å². The minimum Gasteiger partial charge on any atom is -0.491 e. The fraction of sp³-hybridized carbons (Fsp3) is 0.474. The molecule has 1 amide bonds. The molecule has 1 atom stereocenters. The quantitative estimate of drug-likeness (QED) is 0.815. The number of halogens is 2. The van der Waals surface area contributed by atoms with Gasteiger partial charge in [-0.3, -0.25) is 9.48 Å². The Morgan fingerprint density at radius 1 is 1.35 bits per heavy atom. The van der Waals surface area contributed by atoms with Gasteiger partial charge in [0.2, 0.25) is 0 Å². The molecule has 1 saturated heterocycles. The zero-order valence-electron chi connectivity index (χ0n) is 15.2. The lowest BCUT2D eigenvalue weighted by Gasteiger charge is -2.25. The number of aromatic nitrogens is 2. The van der Waals surface area contributed by atoms with Crippen molar-refractivity contribution in [2.45, 2.75) is 39.2 Å². The average Bonchev–Trinajstić information content (AvgIpc) is 3.20. The molecule has 1 aliphatic rings. The van der Waals surface area contributed by atoms with Gasteiger partial charge in [0.25, 0.3) is 12.3 Å². The number of hydrogen-bond donors (Lipinski definition) is 0. The first-order valence-electron chi connectivity index (χ1n) is 8.70. The number of rotatable bonds is 5. The SMILES string of the molecule is Cc1cccc(C)c1OC[C@@H]1CCCN1C(=O)c1cn(C)nc1C(F)F. The monoisotopic (exact) mass is 363 g/mol. The standard InChI is InChI=1S/C19H23F2N3O2/c1-12-6-4-7-13(2)17(12)26-11-14-8-5-9-24(14)19(25)15-10-23(3)22-16(15)18(20)21/h4,6-7,10,14,18H,5,8-9,11H2,1-3H3/t14-/m0/s1. The molecule has 1 aliphatic heterocycles. The fourth-order valence-electron chi connectivity index (χ4n) is 3.47. The molecule has 0 bridgehead atoms. The number of alkyl halides is 2. The summed E-state index contributed by atoms with van der Waals surface area (Å²) in [4.78, 5) is 14.5. The van der Waals surface area contributed by atoms with Crippen LogP contribution < -0.4 is 4.74 Å². The van der Waals surface area contributed by atoms with Gasteiger partial charge in [0.15, 0.2) is 0 Å². The molecule has 0 unspecified atom stereocenters. The fourth-order valence-corrected chi connectivity index (χ4v) is 3.47. The van der Waals surface area contributed by atoms with Gasteiger partial charge in [-0.15, -0.1) is 0 Å². The highest BCUT2D eigenvalue weighted by Gasteiger charge is 2.33. The Hall–Kier alpha value is -2.44. The predicted octanol–water partition coefficient (Wildman–Crippen LogP) is 3.66. The lowest BCUT2D eigenvalue weighted by molar-refractivity contribution is 0.0679. The molecule has 1 aromatic heterocycles. The van der Waals surface area contributed by atoms with E-state index in [1.54, 1.807) is 4.90 Å². The van der Waals surface area contributed by atoms with Gasteiger partial charge in [0.1, 0.15) is 18.1 Å². The lowest BCUT2D eigenvalue weighted by Crippen LogP contribution is -2.39. The lowest BCUT2D eigenvalue weighted by atomic mass is 10.1. The molecule has 3 rings (SSSR count). The van der Waals surface area contributed by atoms with Crippen LogP contribution in [0.3, 0.4) is 0 Å². The molecule has 1 fully saturated rings. The maximum Gasteiger partial charge on any atom is 0.282 e. The molecule has 7 heteroatoms. The van der Waals surface area contributed by atoms with E-state index in [-0.39, 0.29) is 11.6 Å². The molecule has 0 spiro atoms. The first-order valence-corrected chi connectivity index (χ1v) is 8.70. The summed E-state index contributed by atoms with van der Waals surface area (Å²) in [7, 11) is 1.54. The normalized spacial score (nSPS) is 17.2. The zero-order chi connectivity index (χ0) is 18.8. The van der Waals surface area contributed by atoms with Crippen LogP contribution >= 0.6 is 0 Å². The van der Waals surface area contributed by atoms with Crippen LogP contribution in [0.1, 0.15) is 46.4 Å². The average molecular weight is 363 g/mol. The Morgan fingerprint density at radius 2 is 2.04 bits per heavy atom. The van der Waals surface area contributed by atoms with Gasteiger partial charge in [-0.1, -0.05) is 18.2 Å². The van der Waals surface area contributed by atoms with Crippen LogP contribution in [0.5, 0.6) is 5.75 Å². The molecule has 5 nitrogen and oxygen atoms in total. The van der Waals surface area contributed by atoms with Crippen LogP contribution in [-0.2, 0) is 7.05 Å². The summed E-state index contributed by atoms with van der Waals surface area (Å²) in [5.41, 5.74) is 1.58. The minimum absolute atomic E-state index is 0.0264. The second-order valence-corrected chi connectivity index (χ2v) is 6.73. The Bertz CT molecular complexity index is 784. The number of aryl methyl sites for hydroxylation is 3. The number of para-hydroxylation sites is 1. The summed E-state index contributed by atoms with van der Waals surface area (Å²) in [6.45, 7) is 4.84. The minimum atomic E-state index is -2.78. The summed E-state index contributed by atoms with van der Waals surface area (Å²) in [5, 5.41) is 3.73. The summed E-state index contributed by atoms with van der Waals surface area (Å²) < 4.78 is 33.6. The molecule has 0 N–H and O–H groups in total. The van der Waals surface area contributed by atoms with Crippen LogP contribution in [0.2, 0.25) is 0 Å². The maximum absolute atomic E-state index is 13.2. The molecule has 1 aromatic carbocycles. The van der Waals surface area contributed by atoms with Gasteiger partial charge in [-0.2, -0.15) is 5.10 Å². The van der Waals surface area contributed by atoms with E-state index in [0.29, 0.717) is 13.2 Å². The van der Waals surface area contributed by atoms with Crippen LogP contribution in [-0.4, -0.2) is 39.8 Å². The predicted molar refractivity (Wildman–Crippen MR) is 93.6 cm³/mol. The number of hydrogen-bond acceptors (Lipinski definition) is 3. The smallest absolute Gasteiger partial charge is 0.282 e. The number of amides is 1. The number of nitrogens with zero attached hydrogens (tertiary/aromatic N) is 3. The third-order valence-corrected chi connectivity index (χ3v) is 4.76. The number of likely N-dealkylation sites (tertiary alicyclic amines) is 1. The second kappa shape index (κ2) is 7.43. The van der Waals surface area contributed by atoms with E-state index in [9.17, 15) is 13.6 Å². The number of carbonyl (C=O) groups excluding carboxylic acids is 1. The van der Waals surface area contributed by atoms with E-state index in [4.69, 9.17) is 4.74 Å². The van der Waals surface area contributed by atoms with Gasteiger partial charge in [0.05, 0.1) is 11.6 Å². The van der Waals surface area contributed by atoms with Gasteiger partial charge >= 0.3 is 0 Å². The van der Waals surface area contributed by atoms with Crippen LogP contribution in [0.4, 0.5) is 8.78 Å². The van der Waals surface area contributed by atoms with Crippen molar-refractivity contribution < 1.29 is 18.3 Å². The first-order chi connectivity index (χ1) is 12.4. The Kier molecular flexibility index (Phi) is 5.25. The van der Waals surface area contributed by atoms with E-state index in [2.05, 4.69) is 5.10 Å². The van der Waals surface area contributed by atoms with Crippen molar-refractivity contribution in [3.05, 3.63) is 46.8 Å². The van der Waals surface area contributed by atoms with Crippen molar-refractivity contribution in [1.29, 1.82) is 0 Å². The first kappa shape index (κ1) is 18.4. The van der Waals surface area contributed by atoms with Crippen molar-refractivity contribution in [3.8, 4) is 5.75 Å². The van der Waals surface area contributed by atoms with Gasteiger partial charge in [-0.05, 0) is 37.8 Å². The van der Waals surface area contributed by atoms with Crippen molar-refractivity contribution in [1.82, 2.24) is 14.7 Å². The largest absolute Gasteiger partial charge is 0.491 e. The van der Waals surface area contributed by atoms with Crippen molar-refractivity contribution in [2.24, 2.45) is 7.05 Å². The highest BCUT2D eigenvalue weighted by Crippen LogP contribution is 2.28. The Morgan fingerprint density at radius 3 is 2.69 bits per heavy atom. The van der Waals surface area contributed by atoms with Crippen molar-refractivity contribution in [2.75, 3.05) is 13.2 Å². The molecule has 26 heavy (non-hydrogen) atoms. The number of ether oxygens (including phenoxy) is 1. The highest BCUT2D eigenvalue weighted by atomic mass is 19.3. The van der Waals surface area contributed by atoms with E-state index >= 15 is 0 Å². The second-order valence-electron chi connectivity index (χ2n) is 6.73. The summed E-state index contributed by atoms with van der Waals surface area (Å²) in [6.07, 6.45) is 0.214.